The summed E-state index contributed by atoms with van der Waals surface area (Å²) in [5.41, 5.74) is 4.85. The summed E-state index contributed by atoms with van der Waals surface area (Å²) in [5.74, 6) is -1.31. The molecule has 2 amide bonds. The molecular formula is C18H14N2O4. The van der Waals surface area contributed by atoms with Crippen molar-refractivity contribution in [2.45, 2.75) is 0 Å². The lowest BCUT2D eigenvalue weighted by molar-refractivity contribution is 0.0845. The van der Waals surface area contributed by atoms with Crippen molar-refractivity contribution in [2.75, 3.05) is 0 Å². The van der Waals surface area contributed by atoms with Crippen molar-refractivity contribution >= 4 is 22.6 Å². The molecule has 0 saturated carbocycles. The topological polar surface area (TPSA) is 98.7 Å². The molecule has 4 N–H and O–H groups in total. The molecule has 0 aromatic heterocycles. The van der Waals surface area contributed by atoms with Gasteiger partial charge in [0.25, 0.3) is 11.8 Å². The van der Waals surface area contributed by atoms with Crippen molar-refractivity contribution < 1.29 is 19.8 Å². The Balaban J connectivity index is 1.74. The minimum atomic E-state index is -0.634. The van der Waals surface area contributed by atoms with E-state index in [4.69, 9.17) is 0 Å². The Morgan fingerprint density at radius 2 is 1.33 bits per heavy atom. The lowest BCUT2D eigenvalue weighted by atomic mass is 10.1. The zero-order valence-corrected chi connectivity index (χ0v) is 12.5. The number of carbonyl (C=O) groups excluding carboxylic acids is 2. The highest BCUT2D eigenvalue weighted by molar-refractivity contribution is 6.03. The van der Waals surface area contributed by atoms with E-state index in [1.165, 1.54) is 30.3 Å². The lowest BCUT2D eigenvalue weighted by Crippen LogP contribution is -2.41. The van der Waals surface area contributed by atoms with Gasteiger partial charge in [0.1, 0.15) is 11.5 Å². The standard InChI is InChI=1S/C18H14N2O4/c21-14-7-5-11(6-8-14)17(23)19-20-18(24)15-9-12-3-1-2-4-13(12)10-16(15)22/h1-10,21-22H,(H,19,23)(H,20,24). The Labute approximate surface area is 137 Å². The molecule has 0 saturated heterocycles. The van der Waals surface area contributed by atoms with Crippen LogP contribution >= 0.6 is 0 Å². The van der Waals surface area contributed by atoms with Gasteiger partial charge in [0.05, 0.1) is 5.56 Å². The van der Waals surface area contributed by atoms with Gasteiger partial charge in [0, 0.05) is 5.56 Å². The first-order valence-electron chi connectivity index (χ1n) is 7.16. The van der Waals surface area contributed by atoms with E-state index in [0.29, 0.717) is 0 Å². The number of hydrogen-bond acceptors (Lipinski definition) is 4. The van der Waals surface area contributed by atoms with Gasteiger partial charge in [-0.1, -0.05) is 24.3 Å². The lowest BCUT2D eigenvalue weighted by Gasteiger charge is -2.10. The number of amides is 2. The quantitative estimate of drug-likeness (QED) is 0.544. The number of benzene rings is 3. The predicted molar refractivity (Wildman–Crippen MR) is 88.7 cm³/mol. The van der Waals surface area contributed by atoms with Crippen LogP contribution in [0.25, 0.3) is 10.8 Å². The number of aromatic hydroxyl groups is 2. The summed E-state index contributed by atoms with van der Waals surface area (Å²) in [5, 5.41) is 20.8. The Morgan fingerprint density at radius 1 is 0.750 bits per heavy atom. The second kappa shape index (κ2) is 6.29. The Morgan fingerprint density at radius 3 is 2.00 bits per heavy atom. The van der Waals surface area contributed by atoms with Gasteiger partial charge in [-0.2, -0.15) is 0 Å². The first-order chi connectivity index (χ1) is 11.5. The fourth-order valence-corrected chi connectivity index (χ4v) is 2.28. The summed E-state index contributed by atoms with van der Waals surface area (Å²) in [6.07, 6.45) is 0. The smallest absolute Gasteiger partial charge is 0.273 e. The number of carbonyl (C=O) groups is 2. The van der Waals surface area contributed by atoms with Gasteiger partial charge in [-0.15, -0.1) is 0 Å². The third kappa shape index (κ3) is 3.12. The third-order valence-electron chi connectivity index (χ3n) is 3.53. The van der Waals surface area contributed by atoms with Crippen LogP contribution in [0.1, 0.15) is 20.7 Å². The highest BCUT2D eigenvalue weighted by Gasteiger charge is 2.14. The van der Waals surface area contributed by atoms with Crippen molar-refractivity contribution in [3.8, 4) is 11.5 Å². The summed E-state index contributed by atoms with van der Waals surface area (Å²) in [6.45, 7) is 0. The Kier molecular flexibility index (Phi) is 4.03. The molecule has 3 aromatic rings. The molecule has 0 aliphatic rings. The van der Waals surface area contributed by atoms with Crippen LogP contribution in [0.4, 0.5) is 0 Å². The number of fused-ring (bicyclic) bond motifs is 1. The van der Waals surface area contributed by atoms with Gasteiger partial charge in [0.15, 0.2) is 0 Å². The van der Waals surface area contributed by atoms with Crippen LogP contribution in [0.3, 0.4) is 0 Å². The first-order valence-corrected chi connectivity index (χ1v) is 7.16. The molecule has 0 fully saturated rings. The molecule has 24 heavy (non-hydrogen) atoms. The van der Waals surface area contributed by atoms with Crippen LogP contribution in [-0.2, 0) is 0 Å². The number of phenolic OH excluding ortho intramolecular Hbond substituents is 2. The van der Waals surface area contributed by atoms with Crippen molar-refractivity contribution in [1.29, 1.82) is 0 Å². The van der Waals surface area contributed by atoms with Crippen molar-refractivity contribution in [1.82, 2.24) is 10.9 Å². The Bertz CT molecular complexity index is 920. The fraction of sp³-hybridized carbons (Fsp3) is 0. The monoisotopic (exact) mass is 322 g/mol. The molecule has 6 heteroatoms. The predicted octanol–water partition coefficient (Wildman–Crippen LogP) is 2.33. The molecular weight excluding hydrogens is 308 g/mol. The van der Waals surface area contributed by atoms with Gasteiger partial charge in [-0.25, -0.2) is 0 Å². The average Bonchev–Trinajstić information content (AvgIpc) is 2.59. The van der Waals surface area contributed by atoms with Crippen LogP contribution in [0, 0.1) is 0 Å². The second-order valence-corrected chi connectivity index (χ2v) is 5.17. The zero-order chi connectivity index (χ0) is 17.1. The van der Waals surface area contributed by atoms with Crippen molar-refractivity contribution in [2.24, 2.45) is 0 Å². The summed E-state index contributed by atoms with van der Waals surface area (Å²) >= 11 is 0. The molecule has 6 nitrogen and oxygen atoms in total. The normalized spacial score (nSPS) is 10.3. The van der Waals surface area contributed by atoms with Gasteiger partial charge in [0.2, 0.25) is 0 Å². The van der Waals surface area contributed by atoms with Gasteiger partial charge in [-0.3, -0.25) is 20.4 Å². The molecule has 0 atom stereocenters. The molecule has 120 valence electrons. The summed E-state index contributed by atoms with van der Waals surface area (Å²) in [7, 11) is 0. The second-order valence-electron chi connectivity index (χ2n) is 5.17. The molecule has 0 aliphatic carbocycles. The summed E-state index contributed by atoms with van der Waals surface area (Å²) < 4.78 is 0. The fourth-order valence-electron chi connectivity index (χ4n) is 2.28. The molecule has 0 radical (unpaired) electrons. The average molecular weight is 322 g/mol. The maximum Gasteiger partial charge on any atom is 0.273 e. The third-order valence-corrected chi connectivity index (χ3v) is 3.53. The minimum absolute atomic E-state index is 0.0386. The summed E-state index contributed by atoms with van der Waals surface area (Å²) in [6, 6.07) is 15.9. The van der Waals surface area contributed by atoms with E-state index in [0.717, 1.165) is 10.8 Å². The number of nitrogens with one attached hydrogen (secondary N) is 2. The molecule has 0 unspecified atom stereocenters. The minimum Gasteiger partial charge on any atom is -0.508 e. The van der Waals surface area contributed by atoms with Crippen LogP contribution in [0.2, 0.25) is 0 Å². The zero-order valence-electron chi connectivity index (χ0n) is 12.5. The molecule has 0 aliphatic heterocycles. The SMILES string of the molecule is O=C(NNC(=O)c1cc2ccccc2cc1O)c1ccc(O)cc1. The highest BCUT2D eigenvalue weighted by Crippen LogP contribution is 2.24. The van der Waals surface area contributed by atoms with Gasteiger partial charge in [-0.05, 0) is 47.2 Å². The maximum atomic E-state index is 12.2. The van der Waals surface area contributed by atoms with Gasteiger partial charge >= 0.3 is 0 Å². The van der Waals surface area contributed by atoms with E-state index in [9.17, 15) is 19.8 Å². The Hall–Kier alpha value is -3.54. The van der Waals surface area contributed by atoms with Crippen LogP contribution < -0.4 is 10.9 Å². The van der Waals surface area contributed by atoms with Crippen molar-refractivity contribution in [3.63, 3.8) is 0 Å². The van der Waals surface area contributed by atoms with Crippen LogP contribution in [-0.4, -0.2) is 22.0 Å². The van der Waals surface area contributed by atoms with Crippen LogP contribution in [0.15, 0.2) is 60.7 Å². The highest BCUT2D eigenvalue weighted by atomic mass is 16.3. The van der Waals surface area contributed by atoms with E-state index >= 15 is 0 Å². The van der Waals surface area contributed by atoms with E-state index < -0.39 is 11.8 Å². The van der Waals surface area contributed by atoms with Crippen LogP contribution in [0.5, 0.6) is 11.5 Å². The number of hydrazine groups is 1. The first kappa shape index (κ1) is 15.4. The molecule has 3 rings (SSSR count). The number of phenols is 2. The molecule has 0 spiro atoms. The van der Waals surface area contributed by atoms with E-state index in [1.54, 1.807) is 6.07 Å². The molecule has 3 aromatic carbocycles. The van der Waals surface area contributed by atoms with E-state index in [-0.39, 0.29) is 22.6 Å². The molecule has 0 bridgehead atoms. The summed E-state index contributed by atoms with van der Waals surface area (Å²) in [4.78, 5) is 24.1. The van der Waals surface area contributed by atoms with E-state index in [2.05, 4.69) is 10.9 Å². The number of rotatable bonds is 2. The van der Waals surface area contributed by atoms with Gasteiger partial charge < -0.3 is 10.2 Å². The molecule has 0 heterocycles. The maximum absolute atomic E-state index is 12.2. The van der Waals surface area contributed by atoms with E-state index in [1.807, 2.05) is 24.3 Å². The van der Waals surface area contributed by atoms with Crippen molar-refractivity contribution in [3.05, 3.63) is 71.8 Å². The number of hydrogen-bond donors (Lipinski definition) is 4. The largest absolute Gasteiger partial charge is 0.508 e.